The van der Waals surface area contributed by atoms with Gasteiger partial charge < -0.3 is 10.2 Å². The average Bonchev–Trinajstić information content (AvgIpc) is 2.26. The molecule has 2 heteroatoms. The van der Waals surface area contributed by atoms with Crippen LogP contribution in [0.25, 0.3) is 0 Å². The molecule has 2 nitrogen and oxygen atoms in total. The van der Waals surface area contributed by atoms with E-state index in [4.69, 9.17) is 10.2 Å². The first-order valence-electron chi connectivity index (χ1n) is 4.10. The highest BCUT2D eigenvalue weighted by molar-refractivity contribution is 5.35. The van der Waals surface area contributed by atoms with Crippen LogP contribution < -0.4 is 0 Å². The maximum atomic E-state index is 8.65. The smallest absolute Gasteiger partial charge is 0.158 e. The molecule has 0 saturated heterocycles. The molecule has 0 atom stereocenters. The molecule has 2 aromatic carbocycles. The highest BCUT2D eigenvalue weighted by atomic mass is 16.3. The van der Waals surface area contributed by atoms with E-state index < -0.39 is 0 Å². The first kappa shape index (κ1) is 10.1. The lowest BCUT2D eigenvalue weighted by Crippen LogP contribution is -1.63. The summed E-state index contributed by atoms with van der Waals surface area (Å²) < 4.78 is 0. The second kappa shape index (κ2) is 5.65. The van der Waals surface area contributed by atoms with E-state index >= 15 is 0 Å². The zero-order valence-electron chi connectivity index (χ0n) is 7.51. The molecule has 0 unspecified atom stereocenters. The summed E-state index contributed by atoms with van der Waals surface area (Å²) in [5.41, 5.74) is 0. The summed E-state index contributed by atoms with van der Waals surface area (Å²) in [6.45, 7) is 0. The van der Waals surface area contributed by atoms with Gasteiger partial charge in [0.05, 0.1) is 0 Å². The maximum Gasteiger partial charge on any atom is 0.158 e. The minimum Gasteiger partial charge on any atom is -0.504 e. The van der Waals surface area contributed by atoms with Crippen molar-refractivity contribution in [3.8, 4) is 11.5 Å². The van der Waals surface area contributed by atoms with Crippen LogP contribution in [0.15, 0.2) is 48.5 Å². The van der Waals surface area contributed by atoms with Crippen LogP contribution in [0.2, 0.25) is 0 Å². The first-order valence-corrected chi connectivity index (χ1v) is 4.10. The van der Waals surface area contributed by atoms with E-state index in [9.17, 15) is 0 Å². The fraction of sp³-hybridized carbons (Fsp3) is 0. The predicted molar refractivity (Wildman–Crippen MR) is 53.9 cm³/mol. The minimum atomic E-state index is -0.132. The Labute approximate surface area is 83.1 Å². The van der Waals surface area contributed by atoms with Crippen molar-refractivity contribution in [2.75, 3.05) is 0 Å². The number of rotatable bonds is 0. The van der Waals surface area contributed by atoms with E-state index in [0.717, 1.165) is 0 Å². The molecule has 2 N–H and O–H groups in total. The molecule has 0 aliphatic heterocycles. The van der Waals surface area contributed by atoms with Gasteiger partial charge in [0.15, 0.2) is 11.5 Å². The number of hydrogen-bond acceptors (Lipinski definition) is 2. The molecule has 2 radical (unpaired) electrons. The highest BCUT2D eigenvalue weighted by Gasteiger charge is 1.90. The Morgan fingerprint density at radius 1 is 0.786 bits per heavy atom. The average molecular weight is 186 g/mol. The fourth-order valence-corrected chi connectivity index (χ4v) is 0.755. The van der Waals surface area contributed by atoms with E-state index in [1.165, 1.54) is 18.2 Å². The molecule has 0 bridgehead atoms. The van der Waals surface area contributed by atoms with E-state index in [1.54, 1.807) is 0 Å². The van der Waals surface area contributed by atoms with Gasteiger partial charge in [0, 0.05) is 0 Å². The summed E-state index contributed by atoms with van der Waals surface area (Å²) in [5, 5.41) is 17.3. The molecule has 70 valence electrons. The largest absolute Gasteiger partial charge is 0.504 e. The first-order chi connectivity index (χ1) is 6.80. The number of phenols is 2. The van der Waals surface area contributed by atoms with Gasteiger partial charge >= 0.3 is 0 Å². The third-order valence-corrected chi connectivity index (χ3v) is 1.43. The van der Waals surface area contributed by atoms with Gasteiger partial charge in [-0.3, -0.25) is 0 Å². The van der Waals surface area contributed by atoms with Crippen molar-refractivity contribution in [3.63, 3.8) is 0 Å². The van der Waals surface area contributed by atoms with Crippen LogP contribution in [-0.4, -0.2) is 10.2 Å². The molecule has 0 aliphatic carbocycles. The van der Waals surface area contributed by atoms with Gasteiger partial charge in [-0.2, -0.15) is 0 Å². The van der Waals surface area contributed by atoms with Crippen LogP contribution in [0, 0.1) is 12.1 Å². The number of benzene rings is 2. The van der Waals surface area contributed by atoms with Crippen LogP contribution in [-0.2, 0) is 0 Å². The van der Waals surface area contributed by atoms with Crippen molar-refractivity contribution in [1.29, 1.82) is 0 Å². The molecule has 0 heterocycles. The van der Waals surface area contributed by atoms with Crippen LogP contribution in [0.3, 0.4) is 0 Å². The topological polar surface area (TPSA) is 40.5 Å². The molecule has 0 fully saturated rings. The Morgan fingerprint density at radius 3 is 1.79 bits per heavy atom. The molecule has 0 amide bonds. The third-order valence-electron chi connectivity index (χ3n) is 1.43. The summed E-state index contributed by atoms with van der Waals surface area (Å²) in [7, 11) is 0. The standard InChI is InChI=1S/C6H5O2.C6H5/c7-5-3-1-2-4-6(5)8;1-2-4-6-5-3-1/h1,3-4,7-8H;1-5H. The van der Waals surface area contributed by atoms with Crippen molar-refractivity contribution in [3.05, 3.63) is 60.7 Å². The lowest BCUT2D eigenvalue weighted by molar-refractivity contribution is 0.403. The Morgan fingerprint density at radius 2 is 1.50 bits per heavy atom. The van der Waals surface area contributed by atoms with Crippen LogP contribution >= 0.6 is 0 Å². The van der Waals surface area contributed by atoms with Crippen molar-refractivity contribution in [2.24, 2.45) is 0 Å². The molecular weight excluding hydrogens is 176 g/mol. The van der Waals surface area contributed by atoms with Gasteiger partial charge in [-0.25, -0.2) is 0 Å². The van der Waals surface area contributed by atoms with Gasteiger partial charge in [-0.05, 0) is 24.3 Å². The number of aromatic hydroxyl groups is 2. The molecule has 2 aromatic rings. The lowest BCUT2D eigenvalue weighted by atomic mass is 10.3. The van der Waals surface area contributed by atoms with Gasteiger partial charge in [0.25, 0.3) is 0 Å². The molecule has 0 saturated carbocycles. The van der Waals surface area contributed by atoms with Crippen LogP contribution in [0.4, 0.5) is 0 Å². The van der Waals surface area contributed by atoms with Crippen molar-refractivity contribution < 1.29 is 10.2 Å². The molecule has 0 spiro atoms. The maximum absolute atomic E-state index is 8.65. The molecule has 0 aromatic heterocycles. The number of phenolic OH excluding ortho intramolecular Hbond substituents is 2. The van der Waals surface area contributed by atoms with E-state index in [1.807, 2.05) is 30.3 Å². The highest BCUT2D eigenvalue weighted by Crippen LogP contribution is 2.21. The van der Waals surface area contributed by atoms with Gasteiger partial charge in [0.1, 0.15) is 0 Å². The number of hydrogen-bond donors (Lipinski definition) is 2. The minimum absolute atomic E-state index is 0.108. The Bertz CT molecular complexity index is 310. The quantitative estimate of drug-likeness (QED) is 0.620. The van der Waals surface area contributed by atoms with Gasteiger partial charge in [0.2, 0.25) is 0 Å². The Hall–Kier alpha value is -1.96. The summed E-state index contributed by atoms with van der Waals surface area (Å²) in [5.74, 6) is -0.240. The lowest BCUT2D eigenvalue weighted by Gasteiger charge is -1.90. The Kier molecular flexibility index (Phi) is 4.08. The fourth-order valence-electron chi connectivity index (χ4n) is 0.755. The zero-order chi connectivity index (χ0) is 10.2. The third kappa shape index (κ3) is 3.63. The summed E-state index contributed by atoms with van der Waals surface area (Å²) in [4.78, 5) is 0. The van der Waals surface area contributed by atoms with Gasteiger partial charge in [-0.1, -0.05) is 36.4 Å². The second-order valence-corrected chi connectivity index (χ2v) is 2.49. The van der Waals surface area contributed by atoms with E-state index in [-0.39, 0.29) is 11.5 Å². The molecule has 14 heavy (non-hydrogen) atoms. The predicted octanol–water partition coefficient (Wildman–Crippen LogP) is 2.38. The SMILES string of the molecule is Oc1c[c]ccc1O.[c]1ccccc1. The van der Waals surface area contributed by atoms with Crippen LogP contribution in [0.5, 0.6) is 11.5 Å². The zero-order valence-corrected chi connectivity index (χ0v) is 7.51. The van der Waals surface area contributed by atoms with Crippen molar-refractivity contribution in [2.45, 2.75) is 0 Å². The van der Waals surface area contributed by atoms with Crippen molar-refractivity contribution in [1.82, 2.24) is 0 Å². The molecular formula is C12H10O2. The van der Waals surface area contributed by atoms with E-state index in [2.05, 4.69) is 12.1 Å². The van der Waals surface area contributed by atoms with Crippen LogP contribution in [0.1, 0.15) is 0 Å². The molecule has 0 aliphatic rings. The normalized spacial score (nSPS) is 8.57. The monoisotopic (exact) mass is 186 g/mol. The summed E-state index contributed by atoms with van der Waals surface area (Å²) in [6.07, 6.45) is 0. The van der Waals surface area contributed by atoms with Gasteiger partial charge in [-0.15, -0.1) is 0 Å². The van der Waals surface area contributed by atoms with Crippen molar-refractivity contribution >= 4 is 0 Å². The van der Waals surface area contributed by atoms with E-state index in [0.29, 0.717) is 0 Å². The Balaban J connectivity index is 0.000000146. The summed E-state index contributed by atoms with van der Waals surface area (Å²) in [6, 6.07) is 19.3. The second-order valence-electron chi connectivity index (χ2n) is 2.49. The summed E-state index contributed by atoms with van der Waals surface area (Å²) >= 11 is 0. The molecule has 2 rings (SSSR count).